The van der Waals surface area contributed by atoms with Crippen LogP contribution in [0.15, 0.2) is 36.5 Å². The molecule has 0 N–H and O–H groups in total. The lowest BCUT2D eigenvalue weighted by Crippen LogP contribution is -2.10. The van der Waals surface area contributed by atoms with E-state index in [9.17, 15) is 14.9 Å². The molecule has 0 unspecified atom stereocenters. The summed E-state index contributed by atoms with van der Waals surface area (Å²) in [6.45, 7) is 2.04. The molecule has 0 bridgehead atoms. The Kier molecular flexibility index (Phi) is 4.09. The summed E-state index contributed by atoms with van der Waals surface area (Å²) in [6, 6.07) is 8.53. The van der Waals surface area contributed by atoms with Crippen LogP contribution in [0.4, 0.5) is 5.82 Å². The van der Waals surface area contributed by atoms with Crippen molar-refractivity contribution >= 4 is 11.8 Å². The summed E-state index contributed by atoms with van der Waals surface area (Å²) in [4.78, 5) is 26.0. The molecule has 2 rings (SSSR count). The fourth-order valence-corrected chi connectivity index (χ4v) is 1.80. The minimum atomic E-state index is -0.515. The number of nitrogens with zero attached hydrogens (tertiary/aromatic N) is 3. The van der Waals surface area contributed by atoms with Gasteiger partial charge in [0.05, 0.1) is 12.1 Å². The second-order valence-corrected chi connectivity index (χ2v) is 3.98. The third-order valence-corrected chi connectivity index (χ3v) is 2.76. The van der Waals surface area contributed by atoms with E-state index in [1.807, 2.05) is 0 Å². The number of carbonyl (C=O) groups excluding carboxylic acids is 1. The minimum Gasteiger partial charge on any atom is -0.452 e. The van der Waals surface area contributed by atoms with Gasteiger partial charge in [-0.1, -0.05) is 18.2 Å². The van der Waals surface area contributed by atoms with E-state index in [0.29, 0.717) is 17.9 Å². The van der Waals surface area contributed by atoms with Crippen LogP contribution in [0.1, 0.15) is 23.1 Å². The number of hydrogen-bond acceptors (Lipinski definition) is 5. The van der Waals surface area contributed by atoms with Crippen LogP contribution >= 0.6 is 0 Å². The Morgan fingerprint density at radius 2 is 2.10 bits per heavy atom. The number of hydrogen-bond donors (Lipinski definition) is 0. The first-order valence-corrected chi connectivity index (χ1v) is 6.04. The Hall–Kier alpha value is -2.70. The fourth-order valence-electron chi connectivity index (χ4n) is 1.80. The van der Waals surface area contributed by atoms with Crippen molar-refractivity contribution in [2.45, 2.75) is 20.1 Å². The van der Waals surface area contributed by atoms with Crippen LogP contribution in [-0.4, -0.2) is 20.4 Å². The van der Waals surface area contributed by atoms with E-state index in [2.05, 4.69) is 4.98 Å². The van der Waals surface area contributed by atoms with Crippen molar-refractivity contribution in [2.24, 2.45) is 0 Å². The SMILES string of the molecule is CCn1c([N+](=O)[O-])cnc1COC(=O)c1ccccc1. The lowest BCUT2D eigenvalue weighted by Gasteiger charge is -2.04. The van der Waals surface area contributed by atoms with Crippen molar-refractivity contribution in [1.29, 1.82) is 0 Å². The average molecular weight is 275 g/mol. The molecule has 104 valence electrons. The van der Waals surface area contributed by atoms with Crippen LogP contribution < -0.4 is 0 Å². The summed E-state index contributed by atoms with van der Waals surface area (Å²) in [5.41, 5.74) is 0.427. The van der Waals surface area contributed by atoms with Crippen LogP contribution in [0, 0.1) is 10.1 Å². The maximum absolute atomic E-state index is 11.8. The van der Waals surface area contributed by atoms with Gasteiger partial charge in [-0.3, -0.25) is 0 Å². The largest absolute Gasteiger partial charge is 0.452 e. The Bertz CT molecular complexity index is 622. The van der Waals surface area contributed by atoms with Crippen LogP contribution in [0.25, 0.3) is 0 Å². The maximum atomic E-state index is 11.8. The standard InChI is InChI=1S/C13H13N3O4/c1-2-15-11(14-8-12(15)16(18)19)9-20-13(17)10-6-4-3-5-7-10/h3-8H,2,9H2,1H3. The molecule has 0 radical (unpaired) electrons. The molecule has 1 heterocycles. The first kappa shape index (κ1) is 13.7. The molecular weight excluding hydrogens is 262 g/mol. The highest BCUT2D eigenvalue weighted by Crippen LogP contribution is 2.15. The first-order chi connectivity index (χ1) is 9.63. The zero-order valence-corrected chi connectivity index (χ0v) is 10.9. The van der Waals surface area contributed by atoms with E-state index in [4.69, 9.17) is 4.74 Å². The second kappa shape index (κ2) is 5.96. The van der Waals surface area contributed by atoms with E-state index in [1.54, 1.807) is 37.3 Å². The van der Waals surface area contributed by atoms with Gasteiger partial charge < -0.3 is 14.9 Å². The van der Waals surface area contributed by atoms with Crippen molar-refractivity contribution in [3.63, 3.8) is 0 Å². The molecule has 2 aromatic rings. The molecule has 0 aliphatic heterocycles. The van der Waals surface area contributed by atoms with E-state index < -0.39 is 10.9 Å². The van der Waals surface area contributed by atoms with Crippen molar-refractivity contribution in [2.75, 3.05) is 0 Å². The van der Waals surface area contributed by atoms with Gasteiger partial charge in [0.25, 0.3) is 0 Å². The van der Waals surface area contributed by atoms with E-state index in [0.717, 1.165) is 6.20 Å². The Balaban J connectivity index is 2.08. The quantitative estimate of drug-likeness (QED) is 0.474. The number of carbonyl (C=O) groups is 1. The number of esters is 1. The van der Waals surface area contributed by atoms with E-state index in [1.165, 1.54) is 4.57 Å². The number of ether oxygens (including phenoxy) is 1. The van der Waals surface area contributed by atoms with Gasteiger partial charge in [0.1, 0.15) is 6.20 Å². The summed E-state index contributed by atoms with van der Waals surface area (Å²) >= 11 is 0. The molecule has 7 nitrogen and oxygen atoms in total. The van der Waals surface area contributed by atoms with Crippen molar-refractivity contribution < 1.29 is 14.5 Å². The van der Waals surface area contributed by atoms with E-state index in [-0.39, 0.29) is 12.4 Å². The summed E-state index contributed by atoms with van der Waals surface area (Å²) in [5, 5.41) is 10.8. The van der Waals surface area contributed by atoms with Crippen LogP contribution in [-0.2, 0) is 17.9 Å². The normalized spacial score (nSPS) is 10.2. The Labute approximate surface area is 115 Å². The van der Waals surface area contributed by atoms with Gasteiger partial charge in [-0.05, 0) is 24.0 Å². The second-order valence-electron chi connectivity index (χ2n) is 3.98. The maximum Gasteiger partial charge on any atom is 0.342 e. The molecule has 0 atom stereocenters. The molecule has 20 heavy (non-hydrogen) atoms. The molecule has 1 aromatic heterocycles. The van der Waals surface area contributed by atoms with Gasteiger partial charge in [0.15, 0.2) is 6.61 Å². The zero-order valence-electron chi connectivity index (χ0n) is 10.9. The third-order valence-electron chi connectivity index (χ3n) is 2.76. The van der Waals surface area contributed by atoms with Crippen molar-refractivity contribution in [1.82, 2.24) is 9.55 Å². The lowest BCUT2D eigenvalue weighted by molar-refractivity contribution is -0.392. The number of rotatable bonds is 5. The van der Waals surface area contributed by atoms with Crippen LogP contribution in [0.5, 0.6) is 0 Å². The summed E-state index contributed by atoms with van der Waals surface area (Å²) in [5.74, 6) is -0.249. The highest BCUT2D eigenvalue weighted by Gasteiger charge is 2.20. The molecule has 0 spiro atoms. The Morgan fingerprint density at radius 3 is 2.70 bits per heavy atom. The molecule has 0 saturated carbocycles. The predicted molar refractivity (Wildman–Crippen MR) is 70.1 cm³/mol. The van der Waals surface area contributed by atoms with Gasteiger partial charge in [-0.2, -0.15) is 0 Å². The van der Waals surface area contributed by atoms with Crippen LogP contribution in [0.3, 0.4) is 0 Å². The summed E-state index contributed by atoms with van der Waals surface area (Å²) in [6.07, 6.45) is 1.16. The molecule has 0 fully saturated rings. The number of imidazole rings is 1. The zero-order chi connectivity index (χ0) is 14.5. The molecule has 0 aliphatic carbocycles. The molecule has 1 aromatic carbocycles. The monoisotopic (exact) mass is 275 g/mol. The van der Waals surface area contributed by atoms with Crippen molar-refractivity contribution in [3.8, 4) is 0 Å². The number of benzene rings is 1. The van der Waals surface area contributed by atoms with E-state index >= 15 is 0 Å². The molecule has 0 amide bonds. The predicted octanol–water partition coefficient (Wildman–Crippen LogP) is 2.17. The molecule has 7 heteroatoms. The smallest absolute Gasteiger partial charge is 0.342 e. The number of aromatic nitrogens is 2. The highest BCUT2D eigenvalue weighted by molar-refractivity contribution is 5.89. The van der Waals surface area contributed by atoms with Gasteiger partial charge in [-0.15, -0.1) is 0 Å². The highest BCUT2D eigenvalue weighted by atomic mass is 16.6. The average Bonchev–Trinajstić information content (AvgIpc) is 2.88. The van der Waals surface area contributed by atoms with Crippen LogP contribution in [0.2, 0.25) is 0 Å². The lowest BCUT2D eigenvalue weighted by atomic mass is 10.2. The van der Waals surface area contributed by atoms with Gasteiger partial charge in [0, 0.05) is 0 Å². The van der Waals surface area contributed by atoms with Crippen molar-refractivity contribution in [3.05, 3.63) is 58.0 Å². The molecule has 0 saturated heterocycles. The third kappa shape index (κ3) is 2.82. The first-order valence-electron chi connectivity index (χ1n) is 6.04. The topological polar surface area (TPSA) is 87.3 Å². The Morgan fingerprint density at radius 1 is 1.40 bits per heavy atom. The number of nitro groups is 1. The molecule has 0 aliphatic rings. The van der Waals surface area contributed by atoms with Gasteiger partial charge in [-0.25, -0.2) is 14.3 Å². The fraction of sp³-hybridized carbons (Fsp3) is 0.231. The summed E-state index contributed by atoms with van der Waals surface area (Å²) in [7, 11) is 0. The minimum absolute atomic E-state index is 0.102. The molecular formula is C13H13N3O4. The van der Waals surface area contributed by atoms with Gasteiger partial charge >= 0.3 is 11.8 Å². The van der Waals surface area contributed by atoms with Gasteiger partial charge in [0.2, 0.25) is 5.82 Å². The summed E-state index contributed by atoms with van der Waals surface area (Å²) < 4.78 is 6.51.